The van der Waals surface area contributed by atoms with Gasteiger partial charge in [0.25, 0.3) is 0 Å². The standard InChI is InChI=1S/C21H12BrCl2NS/c22-14-5-8-16(9-6-14)26-20-11-13-3-1-2-4-19(13)25-21(20)17-10-7-15(23)12-18(17)24/h1-12H. The van der Waals surface area contributed by atoms with Crippen molar-refractivity contribution < 1.29 is 0 Å². The van der Waals surface area contributed by atoms with Gasteiger partial charge < -0.3 is 0 Å². The molecule has 0 atom stereocenters. The zero-order chi connectivity index (χ0) is 18.1. The third-order valence-electron chi connectivity index (χ3n) is 3.92. The lowest BCUT2D eigenvalue weighted by molar-refractivity contribution is 1.29. The molecular weight excluding hydrogens is 449 g/mol. The Morgan fingerprint density at radius 3 is 2.38 bits per heavy atom. The van der Waals surface area contributed by atoms with Crippen molar-refractivity contribution in [3.8, 4) is 11.3 Å². The lowest BCUT2D eigenvalue weighted by atomic mass is 10.1. The van der Waals surface area contributed by atoms with E-state index in [4.69, 9.17) is 28.2 Å². The molecule has 0 amide bonds. The quantitative estimate of drug-likeness (QED) is 0.306. The van der Waals surface area contributed by atoms with E-state index in [1.807, 2.05) is 42.5 Å². The monoisotopic (exact) mass is 459 g/mol. The van der Waals surface area contributed by atoms with Crippen LogP contribution in [0.15, 0.2) is 87.1 Å². The predicted octanol–water partition coefficient (Wildman–Crippen LogP) is 8.12. The Bertz CT molecular complexity index is 1100. The van der Waals surface area contributed by atoms with Crippen molar-refractivity contribution in [2.75, 3.05) is 0 Å². The highest BCUT2D eigenvalue weighted by atomic mass is 79.9. The number of pyridine rings is 1. The van der Waals surface area contributed by atoms with Crippen LogP contribution in [-0.2, 0) is 0 Å². The van der Waals surface area contributed by atoms with Crippen LogP contribution < -0.4 is 0 Å². The van der Waals surface area contributed by atoms with E-state index in [0.29, 0.717) is 10.0 Å². The van der Waals surface area contributed by atoms with Gasteiger partial charge in [-0.15, -0.1) is 0 Å². The number of nitrogens with zero attached hydrogens (tertiary/aromatic N) is 1. The Morgan fingerprint density at radius 1 is 0.846 bits per heavy atom. The van der Waals surface area contributed by atoms with Crippen molar-refractivity contribution in [1.29, 1.82) is 0 Å². The molecule has 0 spiro atoms. The Hall–Kier alpha value is -1.52. The van der Waals surface area contributed by atoms with E-state index in [1.54, 1.807) is 17.8 Å². The van der Waals surface area contributed by atoms with Gasteiger partial charge in [0.2, 0.25) is 0 Å². The Morgan fingerprint density at radius 2 is 1.62 bits per heavy atom. The number of rotatable bonds is 3. The van der Waals surface area contributed by atoms with Crippen molar-refractivity contribution >= 4 is 61.8 Å². The number of hydrogen-bond donors (Lipinski definition) is 0. The largest absolute Gasteiger partial charge is 0.247 e. The third kappa shape index (κ3) is 3.77. The van der Waals surface area contributed by atoms with Crippen molar-refractivity contribution in [3.63, 3.8) is 0 Å². The molecule has 0 saturated heterocycles. The van der Waals surface area contributed by atoms with Crippen LogP contribution in [0, 0.1) is 0 Å². The van der Waals surface area contributed by atoms with Crippen LogP contribution >= 0.6 is 50.9 Å². The molecule has 0 saturated carbocycles. The van der Waals surface area contributed by atoms with Gasteiger partial charge in [-0.3, -0.25) is 0 Å². The molecule has 0 aliphatic heterocycles. The minimum atomic E-state index is 0.595. The highest BCUT2D eigenvalue weighted by molar-refractivity contribution is 9.10. The van der Waals surface area contributed by atoms with Crippen LogP contribution in [0.2, 0.25) is 10.0 Å². The molecule has 1 heterocycles. The van der Waals surface area contributed by atoms with Crippen molar-refractivity contribution in [1.82, 2.24) is 4.98 Å². The lowest BCUT2D eigenvalue weighted by Crippen LogP contribution is -1.91. The van der Waals surface area contributed by atoms with Crippen molar-refractivity contribution in [3.05, 3.63) is 87.3 Å². The van der Waals surface area contributed by atoms with Crippen LogP contribution in [0.5, 0.6) is 0 Å². The minimum absolute atomic E-state index is 0.595. The molecule has 26 heavy (non-hydrogen) atoms. The molecule has 4 aromatic rings. The number of halogens is 3. The Kier molecular flexibility index (Phi) is 5.23. The second-order valence-corrected chi connectivity index (χ2v) is 8.58. The minimum Gasteiger partial charge on any atom is -0.247 e. The maximum absolute atomic E-state index is 6.47. The molecule has 0 fully saturated rings. The molecule has 1 aromatic heterocycles. The van der Waals surface area contributed by atoms with Gasteiger partial charge in [0.1, 0.15) is 0 Å². The Labute approximate surface area is 174 Å². The van der Waals surface area contributed by atoms with Gasteiger partial charge in [0.05, 0.1) is 16.2 Å². The zero-order valence-electron chi connectivity index (χ0n) is 13.4. The van der Waals surface area contributed by atoms with Crippen LogP contribution in [0.4, 0.5) is 0 Å². The van der Waals surface area contributed by atoms with E-state index < -0.39 is 0 Å². The predicted molar refractivity (Wildman–Crippen MR) is 115 cm³/mol. The average molecular weight is 461 g/mol. The molecule has 0 unspecified atom stereocenters. The number of hydrogen-bond acceptors (Lipinski definition) is 2. The van der Waals surface area contributed by atoms with Gasteiger partial charge >= 0.3 is 0 Å². The van der Waals surface area contributed by atoms with E-state index >= 15 is 0 Å². The molecule has 1 nitrogen and oxygen atoms in total. The van der Waals surface area contributed by atoms with E-state index in [2.05, 4.69) is 40.2 Å². The Balaban J connectivity index is 1.89. The summed E-state index contributed by atoms with van der Waals surface area (Å²) in [6, 6.07) is 24.0. The summed E-state index contributed by atoms with van der Waals surface area (Å²) in [5, 5.41) is 2.31. The van der Waals surface area contributed by atoms with Crippen LogP contribution in [0.3, 0.4) is 0 Å². The summed E-state index contributed by atoms with van der Waals surface area (Å²) in [6.07, 6.45) is 0. The van der Waals surface area contributed by atoms with Crippen LogP contribution in [0.25, 0.3) is 22.2 Å². The first-order valence-electron chi connectivity index (χ1n) is 7.89. The first-order chi connectivity index (χ1) is 12.6. The maximum atomic E-state index is 6.47. The first kappa shape index (κ1) is 17.9. The maximum Gasteiger partial charge on any atom is 0.0864 e. The van der Waals surface area contributed by atoms with Crippen molar-refractivity contribution in [2.24, 2.45) is 0 Å². The summed E-state index contributed by atoms with van der Waals surface area (Å²) in [5.74, 6) is 0. The topological polar surface area (TPSA) is 12.9 Å². The molecule has 3 aromatic carbocycles. The summed E-state index contributed by atoms with van der Waals surface area (Å²) >= 11 is 17.7. The average Bonchev–Trinajstić information content (AvgIpc) is 2.63. The number of aromatic nitrogens is 1. The molecule has 0 N–H and O–H groups in total. The van der Waals surface area contributed by atoms with E-state index in [9.17, 15) is 0 Å². The fourth-order valence-electron chi connectivity index (χ4n) is 2.68. The molecule has 5 heteroatoms. The van der Waals surface area contributed by atoms with Gasteiger partial charge in [-0.1, -0.05) is 69.1 Å². The normalized spacial score (nSPS) is 11.0. The van der Waals surface area contributed by atoms with Gasteiger partial charge in [-0.25, -0.2) is 4.98 Å². The summed E-state index contributed by atoms with van der Waals surface area (Å²) in [4.78, 5) is 7.08. The van der Waals surface area contributed by atoms with Gasteiger partial charge in [-0.05, 0) is 54.6 Å². The van der Waals surface area contributed by atoms with Gasteiger partial charge in [0.15, 0.2) is 0 Å². The number of benzene rings is 3. The second kappa shape index (κ2) is 7.61. The first-order valence-corrected chi connectivity index (χ1v) is 10.3. The molecule has 128 valence electrons. The van der Waals surface area contributed by atoms with Gasteiger partial charge in [-0.2, -0.15) is 0 Å². The highest BCUT2D eigenvalue weighted by Gasteiger charge is 2.14. The van der Waals surface area contributed by atoms with E-state index in [-0.39, 0.29) is 0 Å². The van der Waals surface area contributed by atoms with E-state index in [0.717, 1.165) is 36.4 Å². The third-order valence-corrected chi connectivity index (χ3v) is 6.03. The van der Waals surface area contributed by atoms with E-state index in [1.165, 1.54) is 0 Å². The van der Waals surface area contributed by atoms with Crippen molar-refractivity contribution in [2.45, 2.75) is 9.79 Å². The van der Waals surface area contributed by atoms with Crippen LogP contribution in [0.1, 0.15) is 0 Å². The second-order valence-electron chi connectivity index (χ2n) is 5.71. The summed E-state index contributed by atoms with van der Waals surface area (Å²) in [7, 11) is 0. The molecule has 4 rings (SSSR count). The summed E-state index contributed by atoms with van der Waals surface area (Å²) < 4.78 is 1.06. The fraction of sp³-hybridized carbons (Fsp3) is 0. The SMILES string of the molecule is Clc1ccc(-c2nc3ccccc3cc2Sc2ccc(Br)cc2)c(Cl)c1. The smallest absolute Gasteiger partial charge is 0.0864 e. The number of fused-ring (bicyclic) bond motifs is 1. The van der Waals surface area contributed by atoms with Gasteiger partial charge in [0, 0.05) is 30.2 Å². The highest BCUT2D eigenvalue weighted by Crippen LogP contribution is 2.40. The van der Waals surface area contributed by atoms with Crippen LogP contribution in [-0.4, -0.2) is 4.98 Å². The molecule has 0 radical (unpaired) electrons. The number of para-hydroxylation sites is 1. The molecule has 0 aliphatic rings. The summed E-state index contributed by atoms with van der Waals surface area (Å²) in [6.45, 7) is 0. The molecular formula is C21H12BrCl2NS. The molecule has 0 aliphatic carbocycles. The fourth-order valence-corrected chi connectivity index (χ4v) is 4.41. The summed E-state index contributed by atoms with van der Waals surface area (Å²) in [5.41, 5.74) is 2.67. The molecule has 0 bridgehead atoms. The zero-order valence-corrected chi connectivity index (χ0v) is 17.3. The lowest BCUT2D eigenvalue weighted by Gasteiger charge is -2.12.